The summed E-state index contributed by atoms with van der Waals surface area (Å²) in [6.07, 6.45) is 1.96. The summed E-state index contributed by atoms with van der Waals surface area (Å²) in [7, 11) is 1.62. The summed E-state index contributed by atoms with van der Waals surface area (Å²) in [5.74, 6) is 0.890. The van der Waals surface area contributed by atoms with E-state index in [1.165, 1.54) is 11.3 Å². The highest BCUT2D eigenvalue weighted by Gasteiger charge is 2.19. The van der Waals surface area contributed by atoms with Crippen molar-refractivity contribution < 1.29 is 9.84 Å². The van der Waals surface area contributed by atoms with Crippen molar-refractivity contribution in [1.29, 1.82) is 0 Å². The van der Waals surface area contributed by atoms with Crippen molar-refractivity contribution in [2.75, 3.05) is 7.11 Å². The van der Waals surface area contributed by atoms with Crippen LogP contribution < -0.4 is 4.74 Å². The van der Waals surface area contributed by atoms with Gasteiger partial charge in [0, 0.05) is 16.8 Å². The van der Waals surface area contributed by atoms with Gasteiger partial charge in [-0.1, -0.05) is 18.2 Å². The smallest absolute Gasteiger partial charge is 0.215 e. The number of benzene rings is 2. The first-order chi connectivity index (χ1) is 12.6. The van der Waals surface area contributed by atoms with Crippen LogP contribution in [0.3, 0.4) is 0 Å². The van der Waals surface area contributed by atoms with Crippen LogP contribution in [-0.4, -0.2) is 22.5 Å². The molecule has 0 saturated heterocycles. The molecule has 1 N–H and O–H groups in total. The highest BCUT2D eigenvalue weighted by molar-refractivity contribution is 7.73. The number of methoxy groups -OCH3 is 1. The van der Waals surface area contributed by atoms with E-state index in [1.54, 1.807) is 11.7 Å². The molecule has 2 aromatic carbocycles. The van der Waals surface area contributed by atoms with Gasteiger partial charge < -0.3 is 9.84 Å². The SMILES string of the molecule is COc1ccc(-n2c(O)c(C=C3C(C)=Nc4ccccc43)sc2=S)cc1. The molecular weight excluding hydrogens is 364 g/mol. The third-order valence-electron chi connectivity index (χ3n) is 4.29. The Kier molecular flexibility index (Phi) is 4.22. The van der Waals surface area contributed by atoms with Gasteiger partial charge in [-0.3, -0.25) is 9.56 Å². The average Bonchev–Trinajstić information content (AvgIpc) is 3.11. The van der Waals surface area contributed by atoms with E-state index >= 15 is 0 Å². The molecule has 1 aliphatic heterocycles. The predicted octanol–water partition coefficient (Wildman–Crippen LogP) is 5.63. The third kappa shape index (κ3) is 2.77. The molecule has 0 aliphatic carbocycles. The Hall–Kier alpha value is -2.70. The number of thiazole rings is 1. The lowest BCUT2D eigenvalue weighted by Gasteiger charge is -2.06. The maximum absolute atomic E-state index is 10.8. The molecule has 0 unspecified atom stereocenters. The van der Waals surface area contributed by atoms with E-state index < -0.39 is 0 Å². The van der Waals surface area contributed by atoms with Crippen molar-refractivity contribution in [1.82, 2.24) is 4.57 Å². The van der Waals surface area contributed by atoms with E-state index in [0.29, 0.717) is 8.83 Å². The normalized spacial score (nSPS) is 14.4. The monoisotopic (exact) mass is 380 g/mol. The molecule has 6 heteroatoms. The minimum absolute atomic E-state index is 0.134. The topological polar surface area (TPSA) is 46.8 Å². The summed E-state index contributed by atoms with van der Waals surface area (Å²) in [6, 6.07) is 15.4. The first-order valence-electron chi connectivity index (χ1n) is 8.04. The fraction of sp³-hybridized carbons (Fsp3) is 0.100. The number of rotatable bonds is 3. The number of aliphatic imine (C=N–C) groups is 1. The van der Waals surface area contributed by atoms with Crippen LogP contribution in [0.15, 0.2) is 53.5 Å². The number of para-hydroxylation sites is 1. The van der Waals surface area contributed by atoms with Gasteiger partial charge in [-0.2, -0.15) is 0 Å². The van der Waals surface area contributed by atoms with Crippen molar-refractivity contribution in [3.05, 3.63) is 62.9 Å². The second-order valence-corrected chi connectivity index (χ2v) is 7.54. The fourth-order valence-corrected chi connectivity index (χ4v) is 4.27. The van der Waals surface area contributed by atoms with Crippen LogP contribution in [0.25, 0.3) is 17.3 Å². The zero-order valence-electron chi connectivity index (χ0n) is 14.3. The summed E-state index contributed by atoms with van der Waals surface area (Å²) >= 11 is 6.86. The second-order valence-electron chi connectivity index (χ2n) is 5.86. The minimum atomic E-state index is 0.134. The first kappa shape index (κ1) is 16.8. The van der Waals surface area contributed by atoms with E-state index in [4.69, 9.17) is 17.0 Å². The highest BCUT2D eigenvalue weighted by Crippen LogP contribution is 2.39. The molecular formula is C20H16N2O2S2. The maximum Gasteiger partial charge on any atom is 0.215 e. The van der Waals surface area contributed by atoms with Crippen molar-refractivity contribution >= 4 is 46.6 Å². The molecule has 0 radical (unpaired) electrons. The van der Waals surface area contributed by atoms with Crippen LogP contribution in [0, 0.1) is 3.95 Å². The zero-order valence-corrected chi connectivity index (χ0v) is 15.9. The van der Waals surface area contributed by atoms with Gasteiger partial charge in [-0.25, -0.2) is 0 Å². The van der Waals surface area contributed by atoms with Crippen molar-refractivity contribution in [2.24, 2.45) is 4.99 Å². The molecule has 26 heavy (non-hydrogen) atoms. The van der Waals surface area contributed by atoms with E-state index in [9.17, 15) is 5.11 Å². The number of hydrogen-bond donors (Lipinski definition) is 1. The van der Waals surface area contributed by atoms with Gasteiger partial charge in [0.05, 0.1) is 23.4 Å². The molecule has 4 rings (SSSR count). The number of hydrogen-bond acceptors (Lipinski definition) is 5. The standard InChI is InChI=1S/C20H16N2O2S2/c1-12-16(15-5-3-4-6-17(15)21-12)11-18-19(23)22(20(25)26-18)13-7-9-14(24-2)10-8-13/h3-11,23H,1-2H3. The Bertz CT molecular complexity index is 1110. The highest BCUT2D eigenvalue weighted by atomic mass is 32.1. The molecule has 2 heterocycles. The van der Waals surface area contributed by atoms with Gasteiger partial charge in [0.1, 0.15) is 5.75 Å². The molecule has 0 fully saturated rings. The van der Waals surface area contributed by atoms with Crippen LogP contribution in [0.2, 0.25) is 0 Å². The molecule has 0 atom stereocenters. The Morgan fingerprint density at radius 2 is 1.88 bits per heavy atom. The van der Waals surface area contributed by atoms with Gasteiger partial charge >= 0.3 is 0 Å². The van der Waals surface area contributed by atoms with Crippen molar-refractivity contribution in [3.63, 3.8) is 0 Å². The maximum atomic E-state index is 10.8. The van der Waals surface area contributed by atoms with Gasteiger partial charge in [0.25, 0.3) is 0 Å². The number of aromatic nitrogens is 1. The van der Waals surface area contributed by atoms with E-state index in [-0.39, 0.29) is 5.88 Å². The molecule has 0 spiro atoms. The van der Waals surface area contributed by atoms with Crippen LogP contribution in [0.1, 0.15) is 17.4 Å². The van der Waals surface area contributed by atoms with Crippen LogP contribution in [0.5, 0.6) is 11.6 Å². The lowest BCUT2D eigenvalue weighted by Crippen LogP contribution is -1.94. The summed E-state index contributed by atoms with van der Waals surface area (Å²) in [6.45, 7) is 1.97. The summed E-state index contributed by atoms with van der Waals surface area (Å²) in [5.41, 5.74) is 4.76. The van der Waals surface area contributed by atoms with Crippen molar-refractivity contribution in [2.45, 2.75) is 6.92 Å². The predicted molar refractivity (Wildman–Crippen MR) is 110 cm³/mol. The number of nitrogens with zero attached hydrogens (tertiary/aromatic N) is 2. The largest absolute Gasteiger partial charge is 0.497 e. The zero-order chi connectivity index (χ0) is 18.3. The molecule has 1 aromatic heterocycles. The van der Waals surface area contributed by atoms with E-state index in [0.717, 1.165) is 34.0 Å². The molecule has 1 aliphatic rings. The van der Waals surface area contributed by atoms with E-state index in [2.05, 4.69) is 4.99 Å². The summed E-state index contributed by atoms with van der Waals surface area (Å²) in [5, 5.41) is 10.8. The lowest BCUT2D eigenvalue weighted by atomic mass is 10.0. The Labute approximate surface area is 160 Å². The second kappa shape index (κ2) is 6.55. The van der Waals surface area contributed by atoms with Gasteiger partial charge in [0.2, 0.25) is 5.88 Å². The Balaban J connectivity index is 1.80. The van der Waals surface area contributed by atoms with Gasteiger partial charge in [-0.05, 0) is 55.5 Å². The van der Waals surface area contributed by atoms with E-state index in [1.807, 2.05) is 61.5 Å². The number of ether oxygens (including phenoxy) is 1. The third-order valence-corrected chi connectivity index (χ3v) is 5.60. The lowest BCUT2D eigenvalue weighted by molar-refractivity contribution is 0.414. The van der Waals surface area contributed by atoms with Gasteiger partial charge in [0.15, 0.2) is 3.95 Å². The van der Waals surface area contributed by atoms with Gasteiger partial charge in [-0.15, -0.1) is 11.3 Å². The summed E-state index contributed by atoms with van der Waals surface area (Å²) in [4.78, 5) is 5.31. The van der Waals surface area contributed by atoms with Crippen LogP contribution in [-0.2, 0) is 0 Å². The van der Waals surface area contributed by atoms with Crippen molar-refractivity contribution in [3.8, 4) is 17.3 Å². The quantitative estimate of drug-likeness (QED) is 0.599. The molecule has 0 saturated carbocycles. The van der Waals surface area contributed by atoms with Crippen LogP contribution in [0.4, 0.5) is 5.69 Å². The number of fused-ring (bicyclic) bond motifs is 1. The van der Waals surface area contributed by atoms with Crippen LogP contribution >= 0.6 is 23.6 Å². The first-order valence-corrected chi connectivity index (χ1v) is 9.27. The molecule has 4 nitrogen and oxygen atoms in total. The Morgan fingerprint density at radius 1 is 1.15 bits per heavy atom. The minimum Gasteiger partial charge on any atom is -0.497 e. The number of aromatic hydroxyl groups is 1. The molecule has 0 bridgehead atoms. The molecule has 130 valence electrons. The Morgan fingerprint density at radius 3 is 2.62 bits per heavy atom. The average molecular weight is 380 g/mol. The number of allylic oxidation sites excluding steroid dienone is 1. The summed E-state index contributed by atoms with van der Waals surface area (Å²) < 4.78 is 7.44. The molecule has 0 amide bonds. The molecule has 3 aromatic rings. The fourth-order valence-electron chi connectivity index (χ4n) is 2.98.